The molecule has 5 aliphatic rings. The number of aliphatic hydroxyl groups is 2. The topological polar surface area (TPSA) is 115 Å². The van der Waals surface area contributed by atoms with E-state index < -0.39 is 40.4 Å². The molecule has 196 valence electrons. The lowest BCUT2D eigenvalue weighted by atomic mass is 9.38. The Morgan fingerprint density at radius 1 is 0.800 bits per heavy atom. The average Bonchev–Trinajstić information content (AvgIpc) is 2.76. The lowest BCUT2D eigenvalue weighted by molar-refractivity contribution is -0.224. The molecule has 0 spiro atoms. The largest absolute Gasteiger partial charge is 0.481 e. The Morgan fingerprint density at radius 3 is 2.11 bits per heavy atom. The van der Waals surface area contributed by atoms with Crippen LogP contribution in [0.1, 0.15) is 98.8 Å². The zero-order chi connectivity index (χ0) is 25.8. The molecule has 0 aromatic rings. The second kappa shape index (κ2) is 7.56. The minimum absolute atomic E-state index is 0.0823. The summed E-state index contributed by atoms with van der Waals surface area (Å²) in [6, 6.07) is 0. The molecule has 0 heterocycles. The molecule has 0 unspecified atom stereocenters. The monoisotopic (exact) mass is 488 g/mol. The standard InChI is InChI=1S/C29H44O6/c1-25(2)12-13-29(24(34)35)11-8-17-16(18(29)14-25)6-7-20-26(17,3)10-9-21-27(20,4)15-19(30)22(31)28(21,5)23(32)33/h18-22,30-31H,6-15H2,1-5H3,(H,32,33)(H,34,35)/t18-,19+,20+,21-,22+,26+,27-,28+,29-/m1/s1. The summed E-state index contributed by atoms with van der Waals surface area (Å²) in [6.07, 6.45) is 5.54. The van der Waals surface area contributed by atoms with Crippen LogP contribution in [0, 0.1) is 44.8 Å². The number of carbonyl (C=O) groups is 2. The first-order chi connectivity index (χ1) is 16.1. The number of allylic oxidation sites excluding steroid dienone is 2. The number of hydrogen-bond acceptors (Lipinski definition) is 4. The molecule has 35 heavy (non-hydrogen) atoms. The Hall–Kier alpha value is -1.40. The van der Waals surface area contributed by atoms with Gasteiger partial charge in [0.25, 0.3) is 0 Å². The van der Waals surface area contributed by atoms with Gasteiger partial charge in [0.15, 0.2) is 0 Å². The number of carboxylic acid groups (broad SMARTS) is 2. The Kier molecular flexibility index (Phi) is 5.46. The summed E-state index contributed by atoms with van der Waals surface area (Å²) >= 11 is 0. The van der Waals surface area contributed by atoms with Crippen LogP contribution in [0.4, 0.5) is 0 Å². The van der Waals surface area contributed by atoms with Crippen LogP contribution in [0.15, 0.2) is 11.1 Å². The third-order valence-electron chi connectivity index (χ3n) is 12.2. The lowest BCUT2D eigenvalue weighted by Gasteiger charge is -2.67. The molecule has 3 fully saturated rings. The quantitative estimate of drug-likeness (QED) is 0.406. The van der Waals surface area contributed by atoms with Crippen LogP contribution in [0.3, 0.4) is 0 Å². The minimum atomic E-state index is -1.37. The van der Waals surface area contributed by atoms with E-state index in [9.17, 15) is 30.0 Å². The number of carboxylic acids is 2. The summed E-state index contributed by atoms with van der Waals surface area (Å²) in [6.45, 7) is 10.7. The van der Waals surface area contributed by atoms with Gasteiger partial charge in [-0.1, -0.05) is 38.8 Å². The highest BCUT2D eigenvalue weighted by molar-refractivity contribution is 5.77. The van der Waals surface area contributed by atoms with E-state index in [-0.39, 0.29) is 28.6 Å². The molecular formula is C29H44O6. The normalized spacial score (nSPS) is 50.9. The van der Waals surface area contributed by atoms with Crippen molar-refractivity contribution in [3.8, 4) is 0 Å². The van der Waals surface area contributed by atoms with Gasteiger partial charge in [-0.3, -0.25) is 9.59 Å². The zero-order valence-corrected chi connectivity index (χ0v) is 22.1. The van der Waals surface area contributed by atoms with Crippen LogP contribution in [0.5, 0.6) is 0 Å². The fourth-order valence-electron chi connectivity index (χ4n) is 10.3. The average molecular weight is 489 g/mol. The Bertz CT molecular complexity index is 984. The van der Waals surface area contributed by atoms with Crippen molar-refractivity contribution < 1.29 is 30.0 Å². The van der Waals surface area contributed by atoms with Gasteiger partial charge in [0, 0.05) is 0 Å². The maximum absolute atomic E-state index is 12.7. The van der Waals surface area contributed by atoms with E-state index in [1.54, 1.807) is 6.92 Å². The maximum Gasteiger partial charge on any atom is 0.312 e. The van der Waals surface area contributed by atoms with Crippen molar-refractivity contribution in [3.63, 3.8) is 0 Å². The van der Waals surface area contributed by atoms with Gasteiger partial charge < -0.3 is 20.4 Å². The first-order valence-corrected chi connectivity index (χ1v) is 13.7. The predicted molar refractivity (Wildman–Crippen MR) is 131 cm³/mol. The Balaban J connectivity index is 1.59. The van der Waals surface area contributed by atoms with Crippen LogP contribution < -0.4 is 0 Å². The Labute approximate surface area is 209 Å². The van der Waals surface area contributed by atoms with E-state index in [0.29, 0.717) is 19.3 Å². The van der Waals surface area contributed by atoms with Crippen LogP contribution in [-0.2, 0) is 9.59 Å². The molecule has 0 bridgehead atoms. The van der Waals surface area contributed by atoms with Crippen molar-refractivity contribution in [1.82, 2.24) is 0 Å². The third-order valence-corrected chi connectivity index (χ3v) is 12.2. The van der Waals surface area contributed by atoms with E-state index in [4.69, 9.17) is 0 Å². The fourth-order valence-corrected chi connectivity index (χ4v) is 10.3. The van der Waals surface area contributed by atoms with E-state index in [0.717, 1.165) is 44.9 Å². The first kappa shape index (κ1) is 25.3. The number of rotatable bonds is 2. The van der Waals surface area contributed by atoms with Gasteiger partial charge in [0.05, 0.1) is 23.0 Å². The molecule has 4 N–H and O–H groups in total. The minimum Gasteiger partial charge on any atom is -0.481 e. The smallest absolute Gasteiger partial charge is 0.312 e. The maximum atomic E-state index is 12.7. The fraction of sp³-hybridized carbons (Fsp3) is 0.862. The summed E-state index contributed by atoms with van der Waals surface area (Å²) in [4.78, 5) is 25.1. The van der Waals surface area contributed by atoms with Gasteiger partial charge >= 0.3 is 11.9 Å². The number of fused-ring (bicyclic) bond motifs is 6. The molecule has 0 amide bonds. The second-order valence-corrected chi connectivity index (χ2v) is 14.3. The zero-order valence-electron chi connectivity index (χ0n) is 22.1. The number of aliphatic hydroxyl groups excluding tert-OH is 2. The van der Waals surface area contributed by atoms with Crippen molar-refractivity contribution in [2.45, 2.75) is 111 Å². The van der Waals surface area contributed by atoms with Crippen LogP contribution in [0.2, 0.25) is 0 Å². The summed E-state index contributed by atoms with van der Waals surface area (Å²) < 4.78 is 0. The molecule has 0 aliphatic heterocycles. The predicted octanol–water partition coefficient (Wildman–Crippen LogP) is 5.02. The van der Waals surface area contributed by atoms with E-state index in [1.807, 2.05) is 0 Å². The van der Waals surface area contributed by atoms with Gasteiger partial charge in [-0.2, -0.15) is 0 Å². The van der Waals surface area contributed by atoms with Gasteiger partial charge in [-0.15, -0.1) is 0 Å². The van der Waals surface area contributed by atoms with Crippen molar-refractivity contribution in [3.05, 3.63) is 11.1 Å². The molecule has 9 atom stereocenters. The second-order valence-electron chi connectivity index (χ2n) is 14.3. The molecule has 0 aromatic carbocycles. The van der Waals surface area contributed by atoms with Crippen LogP contribution >= 0.6 is 0 Å². The van der Waals surface area contributed by atoms with Gasteiger partial charge in [-0.25, -0.2) is 0 Å². The highest BCUT2D eigenvalue weighted by Crippen LogP contribution is 2.71. The number of hydrogen-bond donors (Lipinski definition) is 4. The summed E-state index contributed by atoms with van der Waals surface area (Å²) in [7, 11) is 0. The SMILES string of the molecule is CC1(C)CC[C@]2(C(=O)O)CCC3=C(CC[C@@H]4[C@@]5(C)C[C@H](O)[C@H](O)[C@@](C)(C(=O)O)[C@@H]5CC[C@@]34C)[C@H]2C1. The molecular weight excluding hydrogens is 444 g/mol. The third kappa shape index (κ3) is 3.14. The number of aliphatic carboxylic acids is 2. The van der Waals surface area contributed by atoms with Crippen molar-refractivity contribution in [2.24, 2.45) is 44.8 Å². The molecule has 0 radical (unpaired) electrons. The van der Waals surface area contributed by atoms with E-state index in [1.165, 1.54) is 11.1 Å². The van der Waals surface area contributed by atoms with E-state index in [2.05, 4.69) is 27.7 Å². The summed E-state index contributed by atoms with van der Waals surface area (Å²) in [5.41, 5.74) is 0.437. The highest BCUT2D eigenvalue weighted by atomic mass is 16.4. The van der Waals surface area contributed by atoms with Gasteiger partial charge in [0.2, 0.25) is 0 Å². The lowest BCUT2D eigenvalue weighted by Crippen LogP contribution is -2.66. The van der Waals surface area contributed by atoms with Gasteiger partial charge in [0.1, 0.15) is 0 Å². The van der Waals surface area contributed by atoms with Gasteiger partial charge in [-0.05, 0) is 105 Å². The van der Waals surface area contributed by atoms with Crippen LogP contribution in [0.25, 0.3) is 0 Å². The molecule has 3 saturated carbocycles. The van der Waals surface area contributed by atoms with E-state index >= 15 is 0 Å². The van der Waals surface area contributed by atoms with Crippen LogP contribution in [-0.4, -0.2) is 44.6 Å². The Morgan fingerprint density at radius 2 is 1.49 bits per heavy atom. The summed E-state index contributed by atoms with van der Waals surface area (Å²) in [5, 5.41) is 42.3. The molecule has 6 nitrogen and oxygen atoms in total. The summed E-state index contributed by atoms with van der Waals surface area (Å²) in [5.74, 6) is -1.57. The molecule has 5 rings (SSSR count). The molecule has 0 aromatic heterocycles. The van der Waals surface area contributed by atoms with Crippen molar-refractivity contribution >= 4 is 11.9 Å². The van der Waals surface area contributed by atoms with Crippen molar-refractivity contribution in [1.29, 1.82) is 0 Å². The highest BCUT2D eigenvalue weighted by Gasteiger charge is 2.68. The molecule has 6 heteroatoms. The molecule has 0 saturated heterocycles. The molecule has 5 aliphatic carbocycles. The van der Waals surface area contributed by atoms with Crippen molar-refractivity contribution in [2.75, 3.05) is 0 Å². The first-order valence-electron chi connectivity index (χ1n) is 13.7.